The van der Waals surface area contributed by atoms with Crippen LogP contribution in [0.15, 0.2) is 72.9 Å². The number of unbranched alkanes of at least 4 members (excludes halogenated alkanes) is 21. The summed E-state index contributed by atoms with van der Waals surface area (Å²) < 4.78 is 26.3. The van der Waals surface area contributed by atoms with E-state index in [1.807, 2.05) is 36.5 Å². The molecule has 0 aliphatic carbocycles. The molecule has 0 fully saturated rings. The first-order valence-electron chi connectivity index (χ1n) is 22.3. The average molecular weight is 805 g/mol. The van der Waals surface area contributed by atoms with Gasteiger partial charge in [0.05, 0.1) is 6.61 Å². The average Bonchev–Trinajstić information content (AvgIpc) is 3.17. The van der Waals surface area contributed by atoms with Crippen molar-refractivity contribution in [3.8, 4) is 0 Å². The summed E-state index contributed by atoms with van der Waals surface area (Å²) >= 11 is 0. The van der Waals surface area contributed by atoms with E-state index in [0.717, 1.165) is 64.2 Å². The summed E-state index contributed by atoms with van der Waals surface area (Å²) in [6.07, 6.45) is 55.0. The van der Waals surface area contributed by atoms with Crippen LogP contribution in [0.25, 0.3) is 0 Å². The van der Waals surface area contributed by atoms with Crippen LogP contribution >= 0.6 is 7.82 Å². The van der Waals surface area contributed by atoms with Crippen molar-refractivity contribution in [2.45, 2.75) is 200 Å². The minimum absolute atomic E-state index is 0.174. The molecule has 0 heterocycles. The lowest BCUT2D eigenvalue weighted by atomic mass is 10.0. The lowest BCUT2D eigenvalue weighted by Gasteiger charge is -2.18. The Bertz CT molecular complexity index is 1130. The van der Waals surface area contributed by atoms with E-state index in [0.29, 0.717) is 12.8 Å². The highest BCUT2D eigenvalue weighted by Gasteiger charge is 2.22. The van der Waals surface area contributed by atoms with Crippen LogP contribution in [0.1, 0.15) is 194 Å². The Morgan fingerprint density at radius 3 is 1.45 bits per heavy atom. The van der Waals surface area contributed by atoms with Crippen molar-refractivity contribution in [3.63, 3.8) is 0 Å². The van der Waals surface area contributed by atoms with Crippen molar-refractivity contribution in [1.82, 2.24) is 0 Å². The van der Waals surface area contributed by atoms with Crippen molar-refractivity contribution in [3.05, 3.63) is 72.9 Å². The van der Waals surface area contributed by atoms with E-state index in [9.17, 15) is 14.2 Å². The van der Waals surface area contributed by atoms with Crippen molar-refractivity contribution in [1.29, 1.82) is 0 Å². The van der Waals surface area contributed by atoms with Crippen LogP contribution in [0.2, 0.25) is 0 Å². The topological polar surface area (TPSA) is 119 Å². The highest BCUT2D eigenvalue weighted by atomic mass is 31.2. The number of hydrogen-bond donors (Lipinski definition) is 2. The molecule has 322 valence electrons. The fourth-order valence-electron chi connectivity index (χ4n) is 5.99. The molecule has 0 aromatic carbocycles. The Labute approximate surface area is 342 Å². The zero-order valence-electron chi connectivity index (χ0n) is 35.5. The molecule has 56 heavy (non-hydrogen) atoms. The molecule has 0 aromatic heterocycles. The predicted octanol–water partition coefficient (Wildman–Crippen LogP) is 13.9. The molecule has 0 aromatic rings. The maximum atomic E-state index is 12.4. The van der Waals surface area contributed by atoms with Crippen molar-refractivity contribution < 1.29 is 37.9 Å². The summed E-state index contributed by atoms with van der Waals surface area (Å²) in [6.45, 7) is 3.50. The minimum Gasteiger partial charge on any atom is -0.462 e. The van der Waals surface area contributed by atoms with E-state index >= 15 is 0 Å². The van der Waals surface area contributed by atoms with Crippen LogP contribution in [-0.2, 0) is 28.2 Å². The fraction of sp³-hybridized carbons (Fsp3) is 0.702. The van der Waals surface area contributed by atoms with Crippen LogP contribution in [0, 0.1) is 0 Å². The number of carbonyl (C=O) groups excluding carboxylic acids is 2. The van der Waals surface area contributed by atoms with Gasteiger partial charge in [-0.15, -0.1) is 0 Å². The summed E-state index contributed by atoms with van der Waals surface area (Å²) in [4.78, 5) is 42.9. The van der Waals surface area contributed by atoms with E-state index in [-0.39, 0.29) is 19.4 Å². The molecule has 0 amide bonds. The number of phosphoric ester groups is 1. The van der Waals surface area contributed by atoms with E-state index < -0.39 is 32.5 Å². The van der Waals surface area contributed by atoms with Gasteiger partial charge in [0, 0.05) is 12.8 Å². The second kappa shape index (κ2) is 42.1. The van der Waals surface area contributed by atoms with Crippen molar-refractivity contribution in [2.75, 3.05) is 13.2 Å². The van der Waals surface area contributed by atoms with Gasteiger partial charge in [-0.2, -0.15) is 0 Å². The summed E-state index contributed by atoms with van der Waals surface area (Å²) in [5.74, 6) is -0.964. The summed E-state index contributed by atoms with van der Waals surface area (Å²) in [5.41, 5.74) is 0. The third-order valence-electron chi connectivity index (χ3n) is 9.28. The van der Waals surface area contributed by atoms with Gasteiger partial charge in [-0.25, -0.2) is 4.57 Å². The normalized spacial score (nSPS) is 13.1. The Balaban J connectivity index is 3.95. The Morgan fingerprint density at radius 1 is 0.482 bits per heavy atom. The maximum absolute atomic E-state index is 12.4. The third-order valence-corrected chi connectivity index (χ3v) is 9.77. The van der Waals surface area contributed by atoms with Gasteiger partial charge in [0.25, 0.3) is 0 Å². The molecule has 0 aliphatic rings. The SMILES string of the molecule is CC/C=C/C=C/C=C/C=C/CCCCCCCC(=O)O[C@H](COC(=O)CCC/C=C/CC/C=C/CCCCCCCCCCCCCCCC)COP(=O)(O)O. The van der Waals surface area contributed by atoms with E-state index in [1.54, 1.807) is 0 Å². The van der Waals surface area contributed by atoms with Crippen LogP contribution in [0.4, 0.5) is 0 Å². The molecule has 9 heteroatoms. The number of hydrogen-bond acceptors (Lipinski definition) is 6. The third kappa shape index (κ3) is 44.2. The molecule has 1 atom stereocenters. The quantitative estimate of drug-likeness (QED) is 0.0207. The van der Waals surface area contributed by atoms with E-state index in [1.165, 1.54) is 89.9 Å². The van der Waals surface area contributed by atoms with Gasteiger partial charge in [0.15, 0.2) is 6.10 Å². The van der Waals surface area contributed by atoms with Gasteiger partial charge in [0.1, 0.15) is 6.61 Å². The summed E-state index contributed by atoms with van der Waals surface area (Å²) in [5, 5.41) is 0. The second-order valence-electron chi connectivity index (χ2n) is 14.7. The monoisotopic (exact) mass is 805 g/mol. The number of rotatable bonds is 40. The molecular weight excluding hydrogens is 723 g/mol. The van der Waals surface area contributed by atoms with Gasteiger partial charge >= 0.3 is 19.8 Å². The molecular formula is C47H81O8P. The number of esters is 2. The molecule has 0 rings (SSSR count). The molecule has 2 N–H and O–H groups in total. The van der Waals surface area contributed by atoms with Gasteiger partial charge in [-0.05, 0) is 64.2 Å². The molecule has 0 unspecified atom stereocenters. The van der Waals surface area contributed by atoms with Gasteiger partial charge in [0.2, 0.25) is 0 Å². The van der Waals surface area contributed by atoms with Crippen LogP contribution in [0.5, 0.6) is 0 Å². The smallest absolute Gasteiger partial charge is 0.462 e. The highest BCUT2D eigenvalue weighted by Crippen LogP contribution is 2.36. The standard InChI is InChI=1S/C47H81O8P/c1-3-5-7-9-11-13-15-17-19-20-21-22-23-24-25-26-28-29-31-33-35-37-39-41-46(48)53-43-45(44-54-56(50,51)52)55-47(49)42-40-38-36-34-32-30-27-18-16-14-12-10-8-6-4-2/h6,8,10,12,14,16,18,26-28,33,35,45H,3-5,7,9,11,13,15,17,19-25,29-32,34,36-44H2,1-2H3,(H2,50,51,52)/b8-6+,12-10+,16-14+,27-18+,28-26+,35-33+/t45-/m1/s1. The fourth-order valence-corrected chi connectivity index (χ4v) is 6.35. The molecule has 0 saturated carbocycles. The molecule has 0 aliphatic heterocycles. The first-order chi connectivity index (χ1) is 27.3. The van der Waals surface area contributed by atoms with Crippen molar-refractivity contribution >= 4 is 19.8 Å². The molecule has 0 radical (unpaired) electrons. The van der Waals surface area contributed by atoms with Gasteiger partial charge in [-0.3, -0.25) is 14.1 Å². The molecule has 0 bridgehead atoms. The van der Waals surface area contributed by atoms with E-state index in [4.69, 9.17) is 19.3 Å². The number of ether oxygens (including phenoxy) is 2. The summed E-state index contributed by atoms with van der Waals surface area (Å²) in [6, 6.07) is 0. The largest absolute Gasteiger partial charge is 0.469 e. The Kier molecular flexibility index (Phi) is 40.2. The molecule has 0 saturated heterocycles. The van der Waals surface area contributed by atoms with Crippen molar-refractivity contribution in [2.24, 2.45) is 0 Å². The zero-order chi connectivity index (χ0) is 41.1. The minimum atomic E-state index is -4.77. The second-order valence-corrected chi connectivity index (χ2v) is 16.0. The number of phosphoric acid groups is 1. The zero-order valence-corrected chi connectivity index (χ0v) is 36.4. The highest BCUT2D eigenvalue weighted by molar-refractivity contribution is 7.46. The first kappa shape index (κ1) is 53.5. The molecule has 8 nitrogen and oxygen atoms in total. The van der Waals surface area contributed by atoms with Crippen LogP contribution in [-0.4, -0.2) is 41.0 Å². The first-order valence-corrected chi connectivity index (χ1v) is 23.8. The predicted molar refractivity (Wildman–Crippen MR) is 234 cm³/mol. The lowest BCUT2D eigenvalue weighted by Crippen LogP contribution is -2.29. The van der Waals surface area contributed by atoms with Gasteiger partial charge < -0.3 is 19.3 Å². The lowest BCUT2D eigenvalue weighted by molar-refractivity contribution is -0.161. The Hall–Kier alpha value is -2.51. The van der Waals surface area contributed by atoms with Gasteiger partial charge in [-0.1, -0.05) is 189 Å². The number of allylic oxidation sites excluding steroid dienone is 12. The Morgan fingerprint density at radius 2 is 0.911 bits per heavy atom. The van der Waals surface area contributed by atoms with E-state index in [2.05, 4.69) is 54.8 Å². The summed E-state index contributed by atoms with van der Waals surface area (Å²) in [7, 11) is -4.77. The maximum Gasteiger partial charge on any atom is 0.469 e. The van der Waals surface area contributed by atoms with Crippen LogP contribution < -0.4 is 0 Å². The van der Waals surface area contributed by atoms with Crippen LogP contribution in [0.3, 0.4) is 0 Å². The number of carbonyl (C=O) groups is 2. The molecule has 0 spiro atoms.